The molecule has 1 amide bonds. The van der Waals surface area contributed by atoms with Crippen LogP contribution in [0.1, 0.15) is 13.0 Å². The van der Waals surface area contributed by atoms with Gasteiger partial charge in [-0.15, -0.1) is 0 Å². The molecule has 8 heteroatoms. The molecular formula is C18H14Cl2N4O2. The van der Waals surface area contributed by atoms with E-state index in [-0.39, 0.29) is 0 Å². The van der Waals surface area contributed by atoms with Gasteiger partial charge in [-0.05, 0) is 31.2 Å². The number of halogens is 2. The fourth-order valence-corrected chi connectivity index (χ4v) is 2.59. The second-order valence-electron chi connectivity index (χ2n) is 5.52. The molecule has 132 valence electrons. The monoisotopic (exact) mass is 388 g/mol. The van der Waals surface area contributed by atoms with Gasteiger partial charge in [0.15, 0.2) is 0 Å². The highest BCUT2D eigenvalue weighted by Gasteiger charge is 2.19. The number of nitrogens with zero attached hydrogens (tertiary/aromatic N) is 3. The van der Waals surface area contributed by atoms with Gasteiger partial charge in [0.25, 0.3) is 0 Å². The van der Waals surface area contributed by atoms with Gasteiger partial charge in [-0.2, -0.15) is 10.1 Å². The molecule has 1 heterocycles. The summed E-state index contributed by atoms with van der Waals surface area (Å²) in [4.78, 5) is 28.7. The van der Waals surface area contributed by atoms with Gasteiger partial charge in [0.2, 0.25) is 5.91 Å². The summed E-state index contributed by atoms with van der Waals surface area (Å²) in [6.45, 7) is 1.56. The molecular weight excluding hydrogens is 375 g/mol. The number of aromatic nitrogens is 3. The minimum atomic E-state index is -0.856. The Morgan fingerprint density at radius 2 is 1.81 bits per heavy atom. The van der Waals surface area contributed by atoms with Crippen molar-refractivity contribution < 1.29 is 4.79 Å². The Morgan fingerprint density at radius 3 is 2.46 bits per heavy atom. The van der Waals surface area contributed by atoms with Crippen LogP contribution in [-0.2, 0) is 4.79 Å². The first kappa shape index (κ1) is 18.1. The average Bonchev–Trinajstić information content (AvgIpc) is 2.63. The first-order valence-electron chi connectivity index (χ1n) is 7.73. The molecule has 0 aliphatic carbocycles. The van der Waals surface area contributed by atoms with E-state index in [2.05, 4.69) is 15.4 Å². The normalized spacial score (nSPS) is 11.8. The van der Waals surface area contributed by atoms with Gasteiger partial charge in [-0.1, -0.05) is 47.5 Å². The van der Waals surface area contributed by atoms with Gasteiger partial charge in [-0.3, -0.25) is 4.79 Å². The van der Waals surface area contributed by atoms with Crippen LogP contribution in [-0.4, -0.2) is 20.7 Å². The first-order valence-corrected chi connectivity index (χ1v) is 8.48. The van der Waals surface area contributed by atoms with Crippen LogP contribution in [0.25, 0.3) is 11.3 Å². The number of rotatable bonds is 4. The SMILES string of the molecule is CC(C(=O)Nc1ccccc1Cl)n1ncc(-c2ccc(Cl)cc2)nc1=O. The molecule has 0 saturated carbocycles. The predicted molar refractivity (Wildman–Crippen MR) is 102 cm³/mol. The van der Waals surface area contributed by atoms with Gasteiger partial charge in [0.05, 0.1) is 22.6 Å². The molecule has 1 N–H and O–H groups in total. The quantitative estimate of drug-likeness (QED) is 0.736. The second kappa shape index (κ2) is 7.68. The lowest BCUT2D eigenvalue weighted by Crippen LogP contribution is -2.34. The summed E-state index contributed by atoms with van der Waals surface area (Å²) in [6.07, 6.45) is 1.43. The number of benzene rings is 2. The van der Waals surface area contributed by atoms with Crippen LogP contribution in [0, 0.1) is 0 Å². The van der Waals surface area contributed by atoms with Crippen molar-refractivity contribution in [1.29, 1.82) is 0 Å². The molecule has 0 fully saturated rings. The third-order valence-electron chi connectivity index (χ3n) is 3.73. The van der Waals surface area contributed by atoms with E-state index < -0.39 is 17.6 Å². The Hall–Kier alpha value is -2.70. The van der Waals surface area contributed by atoms with E-state index in [1.54, 1.807) is 55.5 Å². The lowest BCUT2D eigenvalue weighted by molar-refractivity contribution is -0.119. The fraction of sp³-hybridized carbons (Fsp3) is 0.111. The predicted octanol–water partition coefficient (Wildman–Crippen LogP) is 3.81. The maximum atomic E-state index is 12.4. The van der Waals surface area contributed by atoms with Gasteiger partial charge < -0.3 is 5.32 Å². The highest BCUT2D eigenvalue weighted by atomic mass is 35.5. The standard InChI is InChI=1S/C18H14Cl2N4O2/c1-11(17(25)22-15-5-3-2-4-14(15)20)24-18(26)23-16(10-21-24)12-6-8-13(19)9-7-12/h2-11H,1H3,(H,22,25). The van der Waals surface area contributed by atoms with Crippen molar-refractivity contribution in [2.24, 2.45) is 0 Å². The molecule has 0 aliphatic rings. The molecule has 2 aromatic carbocycles. The van der Waals surface area contributed by atoms with Crippen molar-refractivity contribution >= 4 is 34.8 Å². The number of para-hydroxylation sites is 1. The summed E-state index contributed by atoms with van der Waals surface area (Å²) in [7, 11) is 0. The molecule has 26 heavy (non-hydrogen) atoms. The van der Waals surface area contributed by atoms with E-state index in [0.717, 1.165) is 4.68 Å². The lowest BCUT2D eigenvalue weighted by Gasteiger charge is -2.14. The first-order chi connectivity index (χ1) is 12.5. The van der Waals surface area contributed by atoms with Crippen molar-refractivity contribution in [3.05, 3.63) is 75.3 Å². The van der Waals surface area contributed by atoms with E-state index >= 15 is 0 Å². The summed E-state index contributed by atoms with van der Waals surface area (Å²) in [5.74, 6) is -0.422. The summed E-state index contributed by atoms with van der Waals surface area (Å²) in [6, 6.07) is 12.9. The summed E-state index contributed by atoms with van der Waals surface area (Å²) in [5, 5.41) is 7.74. The molecule has 1 atom stereocenters. The lowest BCUT2D eigenvalue weighted by atomic mass is 10.2. The molecule has 3 aromatic rings. The molecule has 0 bridgehead atoms. The van der Waals surface area contributed by atoms with Gasteiger partial charge in [0.1, 0.15) is 6.04 Å². The minimum Gasteiger partial charge on any atom is -0.323 e. The van der Waals surface area contributed by atoms with E-state index in [4.69, 9.17) is 23.2 Å². The molecule has 0 spiro atoms. The topological polar surface area (TPSA) is 76.9 Å². The van der Waals surface area contributed by atoms with E-state index in [0.29, 0.717) is 27.0 Å². The van der Waals surface area contributed by atoms with Crippen LogP contribution in [0.2, 0.25) is 10.0 Å². The number of carbonyl (C=O) groups is 1. The van der Waals surface area contributed by atoms with Crippen LogP contribution in [0.5, 0.6) is 0 Å². The van der Waals surface area contributed by atoms with Crippen molar-refractivity contribution in [2.45, 2.75) is 13.0 Å². The Bertz CT molecular complexity index is 1000. The van der Waals surface area contributed by atoms with Gasteiger partial charge in [-0.25, -0.2) is 9.48 Å². The Balaban J connectivity index is 1.82. The smallest absolute Gasteiger partial charge is 0.323 e. The van der Waals surface area contributed by atoms with E-state index in [1.807, 2.05) is 0 Å². The number of hydrogen-bond donors (Lipinski definition) is 1. The zero-order chi connectivity index (χ0) is 18.7. The van der Waals surface area contributed by atoms with Crippen LogP contribution in [0.4, 0.5) is 5.69 Å². The molecule has 1 unspecified atom stereocenters. The Morgan fingerprint density at radius 1 is 1.12 bits per heavy atom. The Labute approximate surface area is 159 Å². The average molecular weight is 389 g/mol. The van der Waals surface area contributed by atoms with Gasteiger partial charge >= 0.3 is 5.69 Å². The van der Waals surface area contributed by atoms with Crippen LogP contribution >= 0.6 is 23.2 Å². The Kier molecular flexibility index (Phi) is 5.35. The number of amides is 1. The second-order valence-corrected chi connectivity index (χ2v) is 6.36. The molecule has 0 saturated heterocycles. The maximum Gasteiger partial charge on any atom is 0.365 e. The molecule has 1 aromatic heterocycles. The molecule has 0 aliphatic heterocycles. The molecule has 6 nitrogen and oxygen atoms in total. The van der Waals surface area contributed by atoms with Crippen LogP contribution in [0.3, 0.4) is 0 Å². The zero-order valence-electron chi connectivity index (χ0n) is 13.7. The fourth-order valence-electron chi connectivity index (χ4n) is 2.29. The number of nitrogens with one attached hydrogen (secondary N) is 1. The summed E-state index contributed by atoms with van der Waals surface area (Å²) >= 11 is 11.9. The molecule has 3 rings (SSSR count). The number of anilines is 1. The molecule has 0 radical (unpaired) electrons. The van der Waals surface area contributed by atoms with E-state index in [9.17, 15) is 9.59 Å². The third-order valence-corrected chi connectivity index (χ3v) is 4.32. The van der Waals surface area contributed by atoms with Crippen molar-refractivity contribution in [3.63, 3.8) is 0 Å². The van der Waals surface area contributed by atoms with Crippen molar-refractivity contribution in [2.75, 3.05) is 5.32 Å². The van der Waals surface area contributed by atoms with Crippen LogP contribution < -0.4 is 11.0 Å². The number of hydrogen-bond acceptors (Lipinski definition) is 4. The van der Waals surface area contributed by atoms with Crippen LogP contribution in [0.15, 0.2) is 59.5 Å². The van der Waals surface area contributed by atoms with E-state index in [1.165, 1.54) is 6.20 Å². The van der Waals surface area contributed by atoms with Crippen molar-refractivity contribution in [1.82, 2.24) is 14.8 Å². The highest BCUT2D eigenvalue weighted by Crippen LogP contribution is 2.22. The number of carbonyl (C=O) groups excluding carboxylic acids is 1. The van der Waals surface area contributed by atoms with Gasteiger partial charge in [0, 0.05) is 10.6 Å². The summed E-state index contributed by atoms with van der Waals surface area (Å²) in [5.41, 5.74) is 0.949. The minimum absolute atomic E-state index is 0.404. The largest absolute Gasteiger partial charge is 0.365 e. The summed E-state index contributed by atoms with van der Waals surface area (Å²) < 4.78 is 1.02. The maximum absolute atomic E-state index is 12.4. The zero-order valence-corrected chi connectivity index (χ0v) is 15.2. The highest BCUT2D eigenvalue weighted by molar-refractivity contribution is 6.33. The third kappa shape index (κ3) is 3.92. The van der Waals surface area contributed by atoms with Crippen molar-refractivity contribution in [3.8, 4) is 11.3 Å².